The molecule has 0 spiro atoms. The number of allylic oxidation sites excluding steroid dienone is 1. The van der Waals surface area contributed by atoms with Crippen LogP contribution in [-0.2, 0) is 9.16 Å². The maximum absolute atomic E-state index is 5.96. The van der Waals surface area contributed by atoms with Crippen LogP contribution in [0.5, 0.6) is 0 Å². The van der Waals surface area contributed by atoms with Gasteiger partial charge in [0.25, 0.3) is 0 Å². The molecule has 0 radical (unpaired) electrons. The lowest BCUT2D eigenvalue weighted by atomic mass is 10.4. The van der Waals surface area contributed by atoms with Crippen molar-refractivity contribution in [3.05, 3.63) is 43.0 Å². The lowest BCUT2D eigenvalue weighted by Crippen LogP contribution is -2.33. The Morgan fingerprint density at radius 2 is 2.00 bits per heavy atom. The van der Waals surface area contributed by atoms with Crippen molar-refractivity contribution in [1.82, 2.24) is 0 Å². The Labute approximate surface area is 99.6 Å². The second-order valence-electron chi connectivity index (χ2n) is 3.64. The Morgan fingerprint density at radius 3 is 2.62 bits per heavy atom. The van der Waals surface area contributed by atoms with Crippen LogP contribution in [0.4, 0.5) is 0 Å². The molecule has 0 fully saturated rings. The van der Waals surface area contributed by atoms with Gasteiger partial charge in [0.2, 0.25) is 9.04 Å². The fraction of sp³-hybridized carbons (Fsp3) is 0.385. The zero-order valence-corrected chi connectivity index (χ0v) is 11.0. The summed E-state index contributed by atoms with van der Waals surface area (Å²) in [6.07, 6.45) is 2.92. The molecule has 1 atom stereocenters. The molecule has 0 aliphatic rings. The summed E-state index contributed by atoms with van der Waals surface area (Å²) in [5, 5.41) is 1.35. The molecule has 1 rings (SSSR count). The van der Waals surface area contributed by atoms with Gasteiger partial charge in [-0.25, -0.2) is 0 Å². The number of methoxy groups -OCH3 is 1. The molecular weight excluding hydrogens is 216 g/mol. The van der Waals surface area contributed by atoms with Crippen LogP contribution < -0.4 is 5.19 Å². The number of hydrogen-bond donors (Lipinski definition) is 0. The number of benzene rings is 1. The normalized spacial score (nSPS) is 12.3. The van der Waals surface area contributed by atoms with E-state index >= 15 is 0 Å². The van der Waals surface area contributed by atoms with Gasteiger partial charge in [-0.05, 0) is 17.7 Å². The lowest BCUT2D eigenvalue weighted by molar-refractivity contribution is 0.173. The van der Waals surface area contributed by atoms with Gasteiger partial charge in [0.15, 0.2) is 0 Å². The number of hydrogen-bond acceptors (Lipinski definition) is 2. The van der Waals surface area contributed by atoms with Gasteiger partial charge < -0.3 is 9.16 Å². The number of rotatable bonds is 8. The second-order valence-corrected chi connectivity index (χ2v) is 6.09. The third kappa shape index (κ3) is 4.75. The SMILES string of the molecule is C=CC[SiH](OCCCOC)c1ccccc1. The highest BCUT2D eigenvalue weighted by Gasteiger charge is 2.12. The summed E-state index contributed by atoms with van der Waals surface area (Å²) in [7, 11) is 0.410. The van der Waals surface area contributed by atoms with Gasteiger partial charge in [0.1, 0.15) is 0 Å². The van der Waals surface area contributed by atoms with Crippen molar-refractivity contribution in [1.29, 1.82) is 0 Å². The van der Waals surface area contributed by atoms with E-state index in [1.165, 1.54) is 5.19 Å². The zero-order valence-electron chi connectivity index (χ0n) is 9.89. The number of ether oxygens (including phenoxy) is 1. The Kier molecular flexibility index (Phi) is 6.81. The fourth-order valence-corrected chi connectivity index (χ4v) is 3.55. The van der Waals surface area contributed by atoms with E-state index in [4.69, 9.17) is 9.16 Å². The Balaban J connectivity index is 2.44. The van der Waals surface area contributed by atoms with Crippen molar-refractivity contribution >= 4 is 14.2 Å². The lowest BCUT2D eigenvalue weighted by Gasteiger charge is -2.14. The average molecular weight is 236 g/mol. The Morgan fingerprint density at radius 1 is 1.25 bits per heavy atom. The first-order valence-electron chi connectivity index (χ1n) is 5.65. The summed E-state index contributed by atoms with van der Waals surface area (Å²) in [5.74, 6) is 0. The molecule has 1 aromatic carbocycles. The molecule has 1 unspecified atom stereocenters. The van der Waals surface area contributed by atoms with E-state index in [2.05, 4.69) is 30.8 Å². The molecule has 0 aliphatic heterocycles. The first kappa shape index (κ1) is 13.2. The molecule has 0 aromatic heterocycles. The molecule has 3 heteroatoms. The summed E-state index contributed by atoms with van der Waals surface area (Å²) < 4.78 is 11.0. The van der Waals surface area contributed by atoms with Gasteiger partial charge in [0, 0.05) is 20.3 Å². The predicted octanol–water partition coefficient (Wildman–Crippen LogP) is 1.86. The third-order valence-corrected chi connectivity index (χ3v) is 4.89. The molecule has 0 amide bonds. The Bertz CT molecular complexity index is 287. The maximum atomic E-state index is 5.96. The van der Waals surface area contributed by atoms with Crippen molar-refractivity contribution < 1.29 is 9.16 Å². The van der Waals surface area contributed by atoms with Crippen LogP contribution in [-0.4, -0.2) is 29.4 Å². The average Bonchev–Trinajstić information content (AvgIpc) is 2.34. The molecule has 88 valence electrons. The summed E-state index contributed by atoms with van der Waals surface area (Å²) in [6.45, 7) is 5.35. The van der Waals surface area contributed by atoms with Gasteiger partial charge >= 0.3 is 0 Å². The van der Waals surface area contributed by atoms with Crippen molar-refractivity contribution in [2.75, 3.05) is 20.3 Å². The molecule has 16 heavy (non-hydrogen) atoms. The van der Waals surface area contributed by atoms with E-state index in [0.29, 0.717) is 0 Å². The standard InChI is InChI=1S/C13H20O2Si/c1-3-12-16(15-11-7-10-14-2)13-8-5-4-6-9-13/h3-6,8-9,16H,1,7,10-12H2,2H3. The molecule has 0 aliphatic carbocycles. The highest BCUT2D eigenvalue weighted by atomic mass is 28.3. The van der Waals surface area contributed by atoms with E-state index in [1.807, 2.05) is 12.1 Å². The first-order valence-corrected chi connectivity index (χ1v) is 7.51. The highest BCUT2D eigenvalue weighted by molar-refractivity contribution is 6.67. The molecule has 0 saturated heterocycles. The van der Waals surface area contributed by atoms with E-state index in [-0.39, 0.29) is 0 Å². The summed E-state index contributed by atoms with van der Waals surface area (Å²) in [6, 6.07) is 11.5. The topological polar surface area (TPSA) is 18.5 Å². The van der Waals surface area contributed by atoms with Crippen LogP contribution in [0.1, 0.15) is 6.42 Å². The summed E-state index contributed by atoms with van der Waals surface area (Å²) >= 11 is 0. The molecule has 0 bridgehead atoms. The maximum Gasteiger partial charge on any atom is 0.211 e. The van der Waals surface area contributed by atoms with Crippen LogP contribution in [0.25, 0.3) is 0 Å². The van der Waals surface area contributed by atoms with Gasteiger partial charge in [-0.1, -0.05) is 36.4 Å². The largest absolute Gasteiger partial charge is 0.415 e. The van der Waals surface area contributed by atoms with E-state index in [0.717, 1.165) is 25.7 Å². The van der Waals surface area contributed by atoms with Crippen LogP contribution in [0, 0.1) is 0 Å². The van der Waals surface area contributed by atoms with E-state index < -0.39 is 9.04 Å². The minimum atomic E-state index is -1.31. The van der Waals surface area contributed by atoms with Crippen molar-refractivity contribution in [3.63, 3.8) is 0 Å². The third-order valence-electron chi connectivity index (χ3n) is 2.36. The molecule has 0 saturated carbocycles. The van der Waals surface area contributed by atoms with Crippen LogP contribution in [0.3, 0.4) is 0 Å². The first-order chi connectivity index (χ1) is 7.88. The van der Waals surface area contributed by atoms with Crippen molar-refractivity contribution in [2.24, 2.45) is 0 Å². The summed E-state index contributed by atoms with van der Waals surface area (Å²) in [4.78, 5) is 0. The monoisotopic (exact) mass is 236 g/mol. The van der Waals surface area contributed by atoms with Crippen molar-refractivity contribution in [2.45, 2.75) is 12.5 Å². The van der Waals surface area contributed by atoms with Crippen LogP contribution in [0.2, 0.25) is 6.04 Å². The zero-order chi connectivity index (χ0) is 11.6. The molecule has 0 N–H and O–H groups in total. The van der Waals surface area contributed by atoms with Crippen LogP contribution in [0.15, 0.2) is 43.0 Å². The molecule has 2 nitrogen and oxygen atoms in total. The minimum Gasteiger partial charge on any atom is -0.415 e. The molecule has 1 aromatic rings. The van der Waals surface area contributed by atoms with Gasteiger partial charge in [-0.3, -0.25) is 0 Å². The summed E-state index contributed by atoms with van der Waals surface area (Å²) in [5.41, 5.74) is 0. The minimum absolute atomic E-state index is 0.768. The molecular formula is C13H20O2Si. The van der Waals surface area contributed by atoms with E-state index in [9.17, 15) is 0 Å². The highest BCUT2D eigenvalue weighted by Crippen LogP contribution is 1.99. The second kappa shape index (κ2) is 8.27. The van der Waals surface area contributed by atoms with Crippen LogP contribution >= 0.6 is 0 Å². The van der Waals surface area contributed by atoms with Gasteiger partial charge in [-0.2, -0.15) is 0 Å². The smallest absolute Gasteiger partial charge is 0.211 e. The van der Waals surface area contributed by atoms with E-state index in [1.54, 1.807) is 7.11 Å². The molecule has 0 heterocycles. The fourth-order valence-electron chi connectivity index (χ4n) is 1.55. The predicted molar refractivity (Wildman–Crippen MR) is 70.7 cm³/mol. The van der Waals surface area contributed by atoms with Gasteiger partial charge in [-0.15, -0.1) is 6.58 Å². The van der Waals surface area contributed by atoms with Crippen molar-refractivity contribution in [3.8, 4) is 0 Å². The Hall–Kier alpha value is -0.903. The van der Waals surface area contributed by atoms with Gasteiger partial charge in [0.05, 0.1) is 0 Å². The quantitative estimate of drug-likeness (QED) is 0.390.